The largest absolute Gasteiger partial charge is 0.396 e. The highest BCUT2D eigenvalue weighted by molar-refractivity contribution is 9.10. The van der Waals surface area contributed by atoms with Gasteiger partial charge < -0.3 is 22.1 Å². The SMILES string of the molecule is CN1C(=O)c2cc(C(N)=O)nc3c(N)c(Br)c(N)c1c23. The molecule has 0 fully saturated rings. The third-order valence-corrected chi connectivity index (χ3v) is 4.22. The van der Waals surface area contributed by atoms with Gasteiger partial charge in [0, 0.05) is 12.4 Å². The third-order valence-electron chi connectivity index (χ3n) is 3.36. The predicted octanol–water partition coefficient (Wildman–Crippen LogP) is 0.851. The Morgan fingerprint density at radius 2 is 2.00 bits per heavy atom. The van der Waals surface area contributed by atoms with E-state index in [2.05, 4.69) is 20.9 Å². The number of hydrogen-bond donors (Lipinski definition) is 3. The molecule has 20 heavy (non-hydrogen) atoms. The quantitative estimate of drug-likeness (QED) is 0.665. The highest BCUT2D eigenvalue weighted by Crippen LogP contribution is 2.47. The number of nitrogens with two attached hydrogens (primary N) is 3. The van der Waals surface area contributed by atoms with Gasteiger partial charge in [0.25, 0.3) is 11.8 Å². The van der Waals surface area contributed by atoms with Crippen molar-refractivity contribution in [3.8, 4) is 0 Å². The first kappa shape index (κ1) is 12.7. The molecule has 0 saturated heterocycles. The molecular formula is C12H10BrN5O2. The molecule has 0 aliphatic carbocycles. The van der Waals surface area contributed by atoms with E-state index in [-0.39, 0.29) is 17.3 Å². The van der Waals surface area contributed by atoms with Crippen LogP contribution in [0, 0.1) is 0 Å². The number of aromatic nitrogens is 1. The van der Waals surface area contributed by atoms with Gasteiger partial charge in [-0.2, -0.15) is 0 Å². The van der Waals surface area contributed by atoms with E-state index in [9.17, 15) is 9.59 Å². The minimum atomic E-state index is -0.723. The summed E-state index contributed by atoms with van der Waals surface area (Å²) >= 11 is 3.28. The van der Waals surface area contributed by atoms with E-state index in [0.717, 1.165) is 0 Å². The number of primary amides is 1. The summed E-state index contributed by atoms with van der Waals surface area (Å²) in [5, 5.41) is 0.542. The van der Waals surface area contributed by atoms with E-state index in [1.807, 2.05) is 0 Å². The average molecular weight is 336 g/mol. The van der Waals surface area contributed by atoms with Crippen molar-refractivity contribution in [1.29, 1.82) is 0 Å². The molecule has 0 bridgehead atoms. The fourth-order valence-corrected chi connectivity index (χ4v) is 2.77. The Morgan fingerprint density at radius 1 is 1.35 bits per heavy atom. The molecule has 2 amide bonds. The number of anilines is 3. The van der Waals surface area contributed by atoms with Gasteiger partial charge in [-0.05, 0) is 22.0 Å². The fourth-order valence-electron chi connectivity index (χ4n) is 2.39. The van der Waals surface area contributed by atoms with Crippen LogP contribution in [0.25, 0.3) is 10.9 Å². The predicted molar refractivity (Wildman–Crippen MR) is 79.5 cm³/mol. The molecule has 1 aromatic heterocycles. The average Bonchev–Trinajstić information content (AvgIpc) is 2.67. The molecular weight excluding hydrogens is 326 g/mol. The zero-order valence-corrected chi connectivity index (χ0v) is 12.0. The Morgan fingerprint density at radius 3 is 2.60 bits per heavy atom. The monoisotopic (exact) mass is 335 g/mol. The van der Waals surface area contributed by atoms with Gasteiger partial charge in [0.2, 0.25) is 0 Å². The van der Waals surface area contributed by atoms with Crippen LogP contribution in [-0.4, -0.2) is 23.8 Å². The second-order valence-corrected chi connectivity index (χ2v) is 5.29. The molecule has 0 unspecified atom stereocenters. The maximum absolute atomic E-state index is 12.3. The van der Waals surface area contributed by atoms with Crippen molar-refractivity contribution in [3.05, 3.63) is 21.8 Å². The summed E-state index contributed by atoms with van der Waals surface area (Å²) in [6.07, 6.45) is 0. The highest BCUT2D eigenvalue weighted by atomic mass is 79.9. The molecule has 1 aromatic carbocycles. The zero-order chi connectivity index (χ0) is 14.8. The van der Waals surface area contributed by atoms with E-state index in [1.165, 1.54) is 11.0 Å². The molecule has 102 valence electrons. The molecule has 2 heterocycles. The van der Waals surface area contributed by atoms with Gasteiger partial charge in [-0.1, -0.05) is 0 Å². The Balaban J connectivity index is 2.58. The van der Waals surface area contributed by atoms with Gasteiger partial charge >= 0.3 is 0 Å². The van der Waals surface area contributed by atoms with Crippen LogP contribution in [0.3, 0.4) is 0 Å². The Bertz CT molecular complexity index is 818. The maximum atomic E-state index is 12.3. The summed E-state index contributed by atoms with van der Waals surface area (Å²) in [5.41, 5.74) is 19.0. The molecule has 8 heteroatoms. The summed E-state index contributed by atoms with van der Waals surface area (Å²) in [7, 11) is 1.60. The normalized spacial score (nSPS) is 13.3. The second kappa shape index (κ2) is 3.83. The molecule has 0 radical (unpaired) electrons. The van der Waals surface area contributed by atoms with Gasteiger partial charge in [-0.3, -0.25) is 9.59 Å². The maximum Gasteiger partial charge on any atom is 0.267 e. The van der Waals surface area contributed by atoms with Crippen LogP contribution in [0.1, 0.15) is 20.8 Å². The first-order valence-corrected chi connectivity index (χ1v) is 6.43. The zero-order valence-electron chi connectivity index (χ0n) is 10.4. The number of carbonyl (C=O) groups excluding carboxylic acids is 2. The van der Waals surface area contributed by atoms with Crippen LogP contribution >= 0.6 is 15.9 Å². The van der Waals surface area contributed by atoms with E-state index in [0.29, 0.717) is 32.3 Å². The summed E-state index contributed by atoms with van der Waals surface area (Å²) < 4.78 is 0.446. The van der Waals surface area contributed by atoms with Gasteiger partial charge in [0.05, 0.1) is 32.6 Å². The first-order chi connectivity index (χ1) is 9.34. The van der Waals surface area contributed by atoms with Gasteiger partial charge in [0.1, 0.15) is 5.69 Å². The Labute approximate surface area is 121 Å². The smallest absolute Gasteiger partial charge is 0.267 e. The van der Waals surface area contributed by atoms with E-state index in [1.54, 1.807) is 7.05 Å². The van der Waals surface area contributed by atoms with Crippen LogP contribution in [-0.2, 0) is 0 Å². The summed E-state index contributed by atoms with van der Waals surface area (Å²) in [6.45, 7) is 0. The van der Waals surface area contributed by atoms with Crippen molar-refractivity contribution in [2.45, 2.75) is 0 Å². The van der Waals surface area contributed by atoms with Crippen molar-refractivity contribution in [3.63, 3.8) is 0 Å². The minimum Gasteiger partial charge on any atom is -0.396 e. The number of nitrogens with zero attached hydrogens (tertiary/aromatic N) is 2. The number of carbonyl (C=O) groups is 2. The number of rotatable bonds is 1. The van der Waals surface area contributed by atoms with Crippen molar-refractivity contribution in [2.24, 2.45) is 5.73 Å². The highest BCUT2D eigenvalue weighted by Gasteiger charge is 2.33. The van der Waals surface area contributed by atoms with Crippen molar-refractivity contribution < 1.29 is 9.59 Å². The van der Waals surface area contributed by atoms with Crippen molar-refractivity contribution in [2.75, 3.05) is 23.4 Å². The number of benzene rings is 1. The second-order valence-electron chi connectivity index (χ2n) is 4.50. The summed E-state index contributed by atoms with van der Waals surface area (Å²) in [5.74, 6) is -1.00. The lowest BCUT2D eigenvalue weighted by Crippen LogP contribution is -2.22. The minimum absolute atomic E-state index is 0.00882. The van der Waals surface area contributed by atoms with Gasteiger partial charge in [-0.25, -0.2) is 4.98 Å². The van der Waals surface area contributed by atoms with Crippen LogP contribution < -0.4 is 22.1 Å². The van der Waals surface area contributed by atoms with Gasteiger partial charge in [-0.15, -0.1) is 0 Å². The molecule has 6 N–H and O–H groups in total. The lowest BCUT2D eigenvalue weighted by atomic mass is 10.1. The van der Waals surface area contributed by atoms with Crippen LogP contribution in [0.5, 0.6) is 0 Å². The molecule has 2 aromatic rings. The Hall–Kier alpha value is -2.35. The lowest BCUT2D eigenvalue weighted by molar-refractivity contribution is 0.0995. The molecule has 0 saturated carbocycles. The van der Waals surface area contributed by atoms with E-state index < -0.39 is 5.91 Å². The number of amides is 2. The molecule has 3 rings (SSSR count). The number of hydrogen-bond acceptors (Lipinski definition) is 5. The molecule has 7 nitrogen and oxygen atoms in total. The molecule has 0 spiro atoms. The third kappa shape index (κ3) is 1.36. The molecule has 1 aliphatic rings. The Kier molecular flexibility index (Phi) is 2.42. The van der Waals surface area contributed by atoms with Crippen LogP contribution in [0.4, 0.5) is 17.1 Å². The van der Waals surface area contributed by atoms with Crippen LogP contribution in [0.2, 0.25) is 0 Å². The first-order valence-electron chi connectivity index (χ1n) is 5.63. The van der Waals surface area contributed by atoms with Gasteiger partial charge in [0.15, 0.2) is 0 Å². The molecule has 1 aliphatic heterocycles. The van der Waals surface area contributed by atoms with E-state index in [4.69, 9.17) is 17.2 Å². The standard InChI is InChI=1S/C12H10BrN5O2/c1-18-10-5-3(12(18)20)2-4(11(16)19)17-9(5)7(14)6(13)8(10)15/h2H,14-15H2,1H3,(H2,16,19). The number of halogens is 1. The van der Waals surface area contributed by atoms with Crippen LogP contribution in [0.15, 0.2) is 10.5 Å². The number of nitrogen functional groups attached to an aromatic ring is 2. The number of pyridine rings is 1. The topological polar surface area (TPSA) is 128 Å². The van der Waals surface area contributed by atoms with Crippen molar-refractivity contribution >= 4 is 55.7 Å². The van der Waals surface area contributed by atoms with E-state index >= 15 is 0 Å². The lowest BCUT2D eigenvalue weighted by Gasteiger charge is -2.15. The fraction of sp³-hybridized carbons (Fsp3) is 0.0833. The summed E-state index contributed by atoms with van der Waals surface area (Å²) in [4.78, 5) is 29.1. The summed E-state index contributed by atoms with van der Waals surface area (Å²) in [6, 6.07) is 1.37. The van der Waals surface area contributed by atoms with Crippen molar-refractivity contribution in [1.82, 2.24) is 4.98 Å². The molecule has 0 atom stereocenters.